The van der Waals surface area contributed by atoms with Gasteiger partial charge in [-0.05, 0) is 68.3 Å². The van der Waals surface area contributed by atoms with Gasteiger partial charge in [0.2, 0.25) is 0 Å². The number of piperidine rings is 1. The number of alkyl halides is 3. The number of ether oxygens (including phenoxy) is 1. The van der Waals surface area contributed by atoms with Gasteiger partial charge in [-0.1, -0.05) is 6.07 Å². The van der Waals surface area contributed by atoms with E-state index in [1.807, 2.05) is 0 Å². The molecule has 0 aromatic heterocycles. The van der Waals surface area contributed by atoms with Gasteiger partial charge in [0.1, 0.15) is 5.75 Å². The first-order chi connectivity index (χ1) is 11.4. The number of hydrogen-bond acceptors (Lipinski definition) is 3. The highest BCUT2D eigenvalue weighted by Crippen LogP contribution is 2.33. The molecule has 1 saturated carbocycles. The molecule has 2 fully saturated rings. The highest BCUT2D eigenvalue weighted by atomic mass is 35.5. The van der Waals surface area contributed by atoms with Gasteiger partial charge in [-0.3, -0.25) is 4.79 Å². The van der Waals surface area contributed by atoms with Crippen molar-refractivity contribution in [1.82, 2.24) is 10.6 Å². The molecule has 0 atom stereocenters. The van der Waals surface area contributed by atoms with Gasteiger partial charge >= 0.3 is 6.36 Å². The Morgan fingerprint density at radius 2 is 1.88 bits per heavy atom. The zero-order valence-electron chi connectivity index (χ0n) is 13.7. The minimum atomic E-state index is -4.82. The molecule has 3 rings (SSSR count). The highest BCUT2D eigenvalue weighted by molar-refractivity contribution is 5.97. The molecule has 0 unspecified atom stereocenters. The molecule has 2 N–H and O–H groups in total. The van der Waals surface area contributed by atoms with E-state index in [4.69, 9.17) is 0 Å². The fourth-order valence-electron chi connectivity index (χ4n) is 3.00. The van der Waals surface area contributed by atoms with Crippen LogP contribution in [0.3, 0.4) is 0 Å². The Morgan fingerprint density at radius 3 is 2.48 bits per heavy atom. The predicted octanol–water partition coefficient (Wildman–Crippen LogP) is 3.61. The third-order valence-electron chi connectivity index (χ3n) is 4.53. The van der Waals surface area contributed by atoms with E-state index < -0.39 is 18.0 Å². The second-order valence-electron chi connectivity index (χ2n) is 6.48. The van der Waals surface area contributed by atoms with Crippen LogP contribution in [0.1, 0.15) is 47.5 Å². The summed E-state index contributed by atoms with van der Waals surface area (Å²) in [6, 6.07) is 4.45. The molecule has 4 nitrogen and oxygen atoms in total. The molecule has 25 heavy (non-hydrogen) atoms. The van der Waals surface area contributed by atoms with Gasteiger partial charge in [0.15, 0.2) is 0 Å². The van der Waals surface area contributed by atoms with Crippen LogP contribution in [0.4, 0.5) is 13.2 Å². The second-order valence-corrected chi connectivity index (χ2v) is 6.48. The van der Waals surface area contributed by atoms with Crippen molar-refractivity contribution in [2.45, 2.75) is 38.0 Å². The standard InChI is InChI=1S/C17H21F3N2O2.ClH/c18-17(19,20)24-15-4-3-13(12-5-7-21-8-6-12)9-14(15)16(23)22-10-11-1-2-11;/h3-4,9,11-12,21H,1-2,5-8,10H2,(H,22,23);1H. The van der Waals surface area contributed by atoms with Gasteiger partial charge < -0.3 is 15.4 Å². The molecule has 1 aliphatic carbocycles. The summed E-state index contributed by atoms with van der Waals surface area (Å²) in [6.45, 7) is 2.24. The summed E-state index contributed by atoms with van der Waals surface area (Å²) in [7, 11) is 0. The van der Waals surface area contributed by atoms with Crippen LogP contribution in [0, 0.1) is 5.92 Å². The summed E-state index contributed by atoms with van der Waals surface area (Å²) in [4.78, 5) is 12.3. The summed E-state index contributed by atoms with van der Waals surface area (Å²) in [5.74, 6) is -0.236. The third kappa shape index (κ3) is 5.78. The number of benzene rings is 1. The minimum Gasteiger partial charge on any atom is -0.405 e. The predicted molar refractivity (Wildman–Crippen MR) is 90.3 cm³/mol. The van der Waals surface area contributed by atoms with Crippen molar-refractivity contribution in [3.8, 4) is 5.75 Å². The normalized spacial score (nSPS) is 18.4. The number of carbonyl (C=O) groups excluding carboxylic acids is 1. The number of halogens is 4. The van der Waals surface area contributed by atoms with Crippen LogP contribution in [0.5, 0.6) is 5.75 Å². The summed E-state index contributed by atoms with van der Waals surface area (Å²) >= 11 is 0. The van der Waals surface area contributed by atoms with Gasteiger partial charge in [-0.25, -0.2) is 0 Å². The molecule has 0 radical (unpaired) electrons. The van der Waals surface area contributed by atoms with Crippen molar-refractivity contribution in [2.75, 3.05) is 19.6 Å². The third-order valence-corrected chi connectivity index (χ3v) is 4.53. The molecule has 0 spiro atoms. The van der Waals surface area contributed by atoms with Crippen molar-refractivity contribution in [3.63, 3.8) is 0 Å². The molecule has 1 amide bonds. The summed E-state index contributed by atoms with van der Waals surface area (Å²) in [5.41, 5.74) is 0.853. The van der Waals surface area contributed by atoms with E-state index >= 15 is 0 Å². The highest BCUT2D eigenvalue weighted by Gasteiger charge is 2.33. The van der Waals surface area contributed by atoms with E-state index in [-0.39, 0.29) is 23.9 Å². The largest absolute Gasteiger partial charge is 0.573 e. The van der Waals surface area contributed by atoms with Crippen LogP contribution in [0.15, 0.2) is 18.2 Å². The van der Waals surface area contributed by atoms with Crippen molar-refractivity contribution < 1.29 is 22.7 Å². The zero-order chi connectivity index (χ0) is 17.2. The van der Waals surface area contributed by atoms with Gasteiger partial charge in [0.25, 0.3) is 5.91 Å². The Morgan fingerprint density at radius 1 is 1.20 bits per heavy atom. The molecule has 1 aromatic rings. The Kier molecular flexibility index (Phi) is 6.57. The fraction of sp³-hybridized carbons (Fsp3) is 0.588. The molecular weight excluding hydrogens is 357 g/mol. The smallest absolute Gasteiger partial charge is 0.405 e. The van der Waals surface area contributed by atoms with Crippen molar-refractivity contribution >= 4 is 18.3 Å². The Labute approximate surface area is 150 Å². The minimum absolute atomic E-state index is 0. The van der Waals surface area contributed by atoms with Crippen molar-refractivity contribution in [1.29, 1.82) is 0 Å². The monoisotopic (exact) mass is 378 g/mol. The lowest BCUT2D eigenvalue weighted by molar-refractivity contribution is -0.274. The van der Waals surface area contributed by atoms with Gasteiger partial charge in [0.05, 0.1) is 5.56 Å². The number of hydrogen-bond donors (Lipinski definition) is 2. The maximum absolute atomic E-state index is 12.6. The Hall–Kier alpha value is -1.47. The molecular formula is C17H22ClF3N2O2. The van der Waals surface area contributed by atoms with Crippen molar-refractivity contribution in [2.24, 2.45) is 5.92 Å². The summed E-state index contributed by atoms with van der Waals surface area (Å²) in [6.07, 6.45) is -0.893. The van der Waals surface area contributed by atoms with E-state index in [2.05, 4.69) is 15.4 Å². The quantitative estimate of drug-likeness (QED) is 0.823. The molecule has 140 valence electrons. The maximum Gasteiger partial charge on any atom is 0.573 e. The lowest BCUT2D eigenvalue weighted by Crippen LogP contribution is -2.29. The Bertz CT molecular complexity index is 600. The Balaban J connectivity index is 0.00000225. The second kappa shape index (κ2) is 8.27. The average molecular weight is 379 g/mol. The van der Waals surface area contributed by atoms with E-state index in [9.17, 15) is 18.0 Å². The number of amides is 1. The average Bonchev–Trinajstić information content (AvgIpc) is 3.37. The first kappa shape index (κ1) is 19.8. The van der Waals surface area contributed by atoms with Gasteiger partial charge in [0, 0.05) is 6.54 Å². The van der Waals surface area contributed by atoms with E-state index in [0.717, 1.165) is 44.3 Å². The van der Waals surface area contributed by atoms with Crippen LogP contribution in [-0.4, -0.2) is 31.9 Å². The zero-order valence-corrected chi connectivity index (χ0v) is 14.5. The molecule has 2 aliphatic rings. The van der Waals surface area contributed by atoms with E-state index in [1.54, 1.807) is 12.1 Å². The molecule has 1 aromatic carbocycles. The molecule has 1 aliphatic heterocycles. The summed E-state index contributed by atoms with van der Waals surface area (Å²) < 4.78 is 41.9. The lowest BCUT2D eigenvalue weighted by Gasteiger charge is -2.24. The molecule has 0 bridgehead atoms. The number of carbonyl (C=O) groups is 1. The van der Waals surface area contributed by atoms with Crippen LogP contribution < -0.4 is 15.4 Å². The SMILES string of the molecule is Cl.O=C(NCC1CC1)c1cc(C2CCNCC2)ccc1OC(F)(F)F. The topological polar surface area (TPSA) is 50.4 Å². The number of nitrogens with one attached hydrogen (secondary N) is 2. The molecule has 8 heteroatoms. The summed E-state index contributed by atoms with van der Waals surface area (Å²) in [5, 5.41) is 5.97. The van der Waals surface area contributed by atoms with E-state index in [1.165, 1.54) is 6.07 Å². The van der Waals surface area contributed by atoms with Gasteiger partial charge in [-0.15, -0.1) is 25.6 Å². The first-order valence-corrected chi connectivity index (χ1v) is 8.31. The molecule has 1 heterocycles. The fourth-order valence-corrected chi connectivity index (χ4v) is 3.00. The van der Waals surface area contributed by atoms with Crippen molar-refractivity contribution in [3.05, 3.63) is 29.3 Å². The lowest BCUT2D eigenvalue weighted by atomic mass is 9.89. The van der Waals surface area contributed by atoms with Crippen LogP contribution >= 0.6 is 12.4 Å². The van der Waals surface area contributed by atoms with E-state index in [0.29, 0.717) is 12.5 Å². The molecule has 1 saturated heterocycles. The maximum atomic E-state index is 12.6. The van der Waals surface area contributed by atoms with Crippen LogP contribution in [-0.2, 0) is 0 Å². The van der Waals surface area contributed by atoms with Crippen LogP contribution in [0.2, 0.25) is 0 Å². The first-order valence-electron chi connectivity index (χ1n) is 8.31. The number of rotatable bonds is 5. The van der Waals surface area contributed by atoms with Crippen LogP contribution in [0.25, 0.3) is 0 Å². The van der Waals surface area contributed by atoms with Gasteiger partial charge in [-0.2, -0.15) is 0 Å².